The van der Waals surface area contributed by atoms with E-state index in [0.717, 1.165) is 11.1 Å². The number of pyridine rings is 1. The zero-order valence-corrected chi connectivity index (χ0v) is 14.6. The molecule has 0 spiro atoms. The highest BCUT2D eigenvalue weighted by Crippen LogP contribution is 2.33. The summed E-state index contributed by atoms with van der Waals surface area (Å²) in [6, 6.07) is 14.5. The quantitative estimate of drug-likeness (QED) is 0.633. The lowest BCUT2D eigenvalue weighted by Gasteiger charge is -2.16. The molecule has 1 atom stereocenters. The maximum Gasteiger partial charge on any atom is 0.224 e. The molecule has 3 aromatic rings. The summed E-state index contributed by atoms with van der Waals surface area (Å²) in [5, 5.41) is 0.905. The van der Waals surface area contributed by atoms with Crippen LogP contribution in [0, 0.1) is 5.82 Å². The van der Waals surface area contributed by atoms with Crippen molar-refractivity contribution in [3.05, 3.63) is 87.8 Å². The van der Waals surface area contributed by atoms with Crippen LogP contribution in [0.5, 0.6) is 11.6 Å². The fourth-order valence-corrected chi connectivity index (χ4v) is 2.86. The molecule has 0 saturated heterocycles. The van der Waals surface area contributed by atoms with Gasteiger partial charge >= 0.3 is 0 Å². The van der Waals surface area contributed by atoms with Crippen LogP contribution in [0.2, 0.25) is 10.0 Å². The van der Waals surface area contributed by atoms with Gasteiger partial charge in [0.1, 0.15) is 11.6 Å². The van der Waals surface area contributed by atoms with E-state index >= 15 is 0 Å². The Morgan fingerprint density at radius 2 is 1.84 bits per heavy atom. The Morgan fingerprint density at radius 1 is 1.08 bits per heavy atom. The fraction of sp³-hybridized carbons (Fsp3) is 0.105. The molecule has 2 N–H and O–H groups in total. The average Bonchev–Trinajstić information content (AvgIpc) is 2.60. The van der Waals surface area contributed by atoms with Gasteiger partial charge < -0.3 is 10.5 Å². The number of ether oxygens (including phenoxy) is 1. The molecule has 3 rings (SSSR count). The molecule has 1 unspecified atom stereocenters. The van der Waals surface area contributed by atoms with Crippen molar-refractivity contribution < 1.29 is 9.13 Å². The maximum atomic E-state index is 13.0. The van der Waals surface area contributed by atoms with Crippen LogP contribution in [-0.4, -0.2) is 4.98 Å². The summed E-state index contributed by atoms with van der Waals surface area (Å²) in [7, 11) is 0. The van der Waals surface area contributed by atoms with Crippen LogP contribution in [0.25, 0.3) is 0 Å². The van der Waals surface area contributed by atoms with Gasteiger partial charge in [0.25, 0.3) is 0 Å². The molecular formula is C19H15Cl2FN2O. The van der Waals surface area contributed by atoms with Crippen molar-refractivity contribution in [1.82, 2.24) is 4.98 Å². The van der Waals surface area contributed by atoms with Crippen molar-refractivity contribution in [2.75, 3.05) is 0 Å². The first-order valence-electron chi connectivity index (χ1n) is 7.61. The standard InChI is InChI=1S/C19H15Cl2FN2O/c20-13-5-8-18(16(21)11-13)25-19-15(2-1-9-24-19)17(23)10-12-3-6-14(22)7-4-12/h1-9,11,17H,10,23H2. The zero-order chi connectivity index (χ0) is 17.8. The van der Waals surface area contributed by atoms with Gasteiger partial charge in [0.05, 0.1) is 5.02 Å². The summed E-state index contributed by atoms with van der Waals surface area (Å²) in [4.78, 5) is 4.26. The topological polar surface area (TPSA) is 48.1 Å². The molecule has 0 saturated carbocycles. The van der Waals surface area contributed by atoms with Crippen LogP contribution in [0.4, 0.5) is 4.39 Å². The molecule has 128 valence electrons. The van der Waals surface area contributed by atoms with Crippen LogP contribution in [0.1, 0.15) is 17.2 Å². The van der Waals surface area contributed by atoms with Gasteiger partial charge in [-0.2, -0.15) is 0 Å². The Balaban J connectivity index is 1.83. The molecular weight excluding hydrogens is 362 g/mol. The molecule has 1 heterocycles. The summed E-state index contributed by atoms with van der Waals surface area (Å²) in [5.74, 6) is 0.543. The zero-order valence-electron chi connectivity index (χ0n) is 13.1. The van der Waals surface area contributed by atoms with E-state index < -0.39 is 0 Å². The smallest absolute Gasteiger partial charge is 0.224 e. The largest absolute Gasteiger partial charge is 0.437 e. The average molecular weight is 377 g/mol. The molecule has 3 nitrogen and oxygen atoms in total. The summed E-state index contributed by atoms with van der Waals surface area (Å²) >= 11 is 12.1. The van der Waals surface area contributed by atoms with Gasteiger partial charge in [0.15, 0.2) is 0 Å². The number of rotatable bonds is 5. The lowest BCUT2D eigenvalue weighted by Crippen LogP contribution is -2.15. The van der Waals surface area contributed by atoms with Crippen LogP contribution in [0.15, 0.2) is 60.8 Å². The molecule has 2 aromatic carbocycles. The number of benzene rings is 2. The first-order chi connectivity index (χ1) is 12.0. The number of nitrogens with zero attached hydrogens (tertiary/aromatic N) is 1. The van der Waals surface area contributed by atoms with E-state index in [1.54, 1.807) is 42.6 Å². The van der Waals surface area contributed by atoms with Gasteiger partial charge in [-0.05, 0) is 48.4 Å². The van der Waals surface area contributed by atoms with Crippen molar-refractivity contribution in [2.24, 2.45) is 5.73 Å². The third-order valence-corrected chi connectivity index (χ3v) is 4.20. The molecule has 6 heteroatoms. The summed E-state index contributed by atoms with van der Waals surface area (Å²) in [5.41, 5.74) is 7.97. The second-order valence-electron chi connectivity index (χ2n) is 5.51. The highest BCUT2D eigenvalue weighted by Gasteiger charge is 2.16. The Morgan fingerprint density at radius 3 is 2.56 bits per heavy atom. The van der Waals surface area contributed by atoms with Crippen LogP contribution < -0.4 is 10.5 Å². The summed E-state index contributed by atoms with van der Waals surface area (Å²) in [6.45, 7) is 0. The minimum atomic E-state index is -0.361. The molecule has 0 bridgehead atoms. The molecule has 0 amide bonds. The number of halogens is 3. The van der Waals surface area contributed by atoms with Crippen LogP contribution in [0.3, 0.4) is 0 Å². The lowest BCUT2D eigenvalue weighted by molar-refractivity contribution is 0.450. The van der Waals surface area contributed by atoms with Gasteiger partial charge in [-0.3, -0.25) is 0 Å². The second-order valence-corrected chi connectivity index (χ2v) is 6.36. The predicted octanol–water partition coefficient (Wildman–Crippen LogP) is 5.56. The molecule has 0 aliphatic carbocycles. The molecule has 25 heavy (non-hydrogen) atoms. The van der Waals surface area contributed by atoms with Crippen molar-refractivity contribution in [3.8, 4) is 11.6 Å². The third kappa shape index (κ3) is 4.48. The van der Waals surface area contributed by atoms with E-state index in [9.17, 15) is 4.39 Å². The number of hydrogen-bond donors (Lipinski definition) is 1. The minimum absolute atomic E-state index is 0.278. The minimum Gasteiger partial charge on any atom is -0.437 e. The monoisotopic (exact) mass is 376 g/mol. The molecule has 0 aliphatic heterocycles. The van der Waals surface area contributed by atoms with Gasteiger partial charge in [0.2, 0.25) is 5.88 Å². The second kappa shape index (κ2) is 7.83. The van der Waals surface area contributed by atoms with E-state index in [1.807, 2.05) is 6.07 Å². The van der Waals surface area contributed by atoms with E-state index in [1.165, 1.54) is 12.1 Å². The first-order valence-corrected chi connectivity index (χ1v) is 8.36. The highest BCUT2D eigenvalue weighted by atomic mass is 35.5. The lowest BCUT2D eigenvalue weighted by atomic mass is 10.0. The SMILES string of the molecule is NC(Cc1ccc(F)cc1)c1cccnc1Oc1ccc(Cl)cc1Cl. The van der Waals surface area contributed by atoms with Crippen molar-refractivity contribution in [1.29, 1.82) is 0 Å². The van der Waals surface area contributed by atoms with Crippen molar-refractivity contribution >= 4 is 23.2 Å². The van der Waals surface area contributed by atoms with Crippen LogP contribution in [-0.2, 0) is 6.42 Å². The Kier molecular flexibility index (Phi) is 5.53. The number of nitrogens with two attached hydrogens (primary N) is 1. The van der Waals surface area contributed by atoms with Crippen molar-refractivity contribution in [2.45, 2.75) is 12.5 Å². The highest BCUT2D eigenvalue weighted by molar-refractivity contribution is 6.35. The van der Waals surface area contributed by atoms with Crippen molar-refractivity contribution in [3.63, 3.8) is 0 Å². The molecule has 1 aromatic heterocycles. The van der Waals surface area contributed by atoms with Gasteiger partial charge in [-0.1, -0.05) is 41.4 Å². The summed E-state index contributed by atoms with van der Waals surface area (Å²) < 4.78 is 18.9. The van der Waals surface area contributed by atoms with Crippen LogP contribution >= 0.6 is 23.2 Å². The van der Waals surface area contributed by atoms with Gasteiger partial charge in [-0.15, -0.1) is 0 Å². The van der Waals surface area contributed by atoms with Gasteiger partial charge in [-0.25, -0.2) is 9.37 Å². The Bertz CT molecular complexity index is 872. The molecule has 0 aliphatic rings. The first kappa shape index (κ1) is 17.7. The van der Waals surface area contributed by atoms with E-state index in [2.05, 4.69) is 4.98 Å². The van der Waals surface area contributed by atoms with Gasteiger partial charge in [0, 0.05) is 22.8 Å². The Labute approximate surface area is 155 Å². The number of hydrogen-bond acceptors (Lipinski definition) is 3. The predicted molar refractivity (Wildman–Crippen MR) is 97.8 cm³/mol. The van der Waals surface area contributed by atoms with E-state index in [-0.39, 0.29) is 11.9 Å². The maximum absolute atomic E-state index is 13.0. The molecule has 0 radical (unpaired) electrons. The normalized spacial score (nSPS) is 12.0. The summed E-state index contributed by atoms with van der Waals surface area (Å²) in [6.07, 6.45) is 2.14. The third-order valence-electron chi connectivity index (χ3n) is 3.67. The number of aromatic nitrogens is 1. The molecule has 0 fully saturated rings. The Hall–Kier alpha value is -2.14. The fourth-order valence-electron chi connectivity index (χ4n) is 2.42. The van der Waals surface area contributed by atoms with E-state index in [0.29, 0.717) is 28.1 Å². The van der Waals surface area contributed by atoms with E-state index in [4.69, 9.17) is 33.7 Å².